The zero-order valence-corrected chi connectivity index (χ0v) is 15.3. The molecule has 0 aliphatic carbocycles. The summed E-state index contributed by atoms with van der Waals surface area (Å²) >= 11 is 0. The van der Waals surface area contributed by atoms with Gasteiger partial charge in [-0.25, -0.2) is 15.0 Å². The lowest BCUT2D eigenvalue weighted by Gasteiger charge is -2.11. The van der Waals surface area contributed by atoms with Crippen LogP contribution in [0, 0.1) is 11.3 Å². The fourth-order valence-corrected chi connectivity index (χ4v) is 3.12. The molecule has 1 amide bonds. The van der Waals surface area contributed by atoms with E-state index in [-0.39, 0.29) is 5.91 Å². The molecule has 0 bridgehead atoms. The molecule has 0 aliphatic heterocycles. The Hall–Kier alpha value is -4.37. The number of pyridine rings is 1. The highest BCUT2D eigenvalue weighted by Gasteiger charge is 2.11. The number of benzene rings is 2. The molecule has 29 heavy (non-hydrogen) atoms. The summed E-state index contributed by atoms with van der Waals surface area (Å²) in [5.41, 5.74) is 5.39. The second-order valence-electron chi connectivity index (χ2n) is 6.30. The van der Waals surface area contributed by atoms with E-state index in [0.29, 0.717) is 11.4 Å². The van der Waals surface area contributed by atoms with Gasteiger partial charge in [0.25, 0.3) is 0 Å². The van der Waals surface area contributed by atoms with Crippen molar-refractivity contribution in [2.24, 2.45) is 0 Å². The molecule has 2 aromatic heterocycles. The van der Waals surface area contributed by atoms with Gasteiger partial charge in [0.1, 0.15) is 18.1 Å². The molecule has 0 saturated heterocycles. The number of amides is 1. The Morgan fingerprint density at radius 1 is 1.07 bits per heavy atom. The standard InChI is InChI=1S/C23H15N5O/c1-2-22(29)28-19-5-3-4-16(10-19)21-11-17(8-18-13-25-14-27-23(18)21)15-6-7-26-20(9-15)12-24/h2-11,13-14H,1H2,(H,28,29). The second-order valence-corrected chi connectivity index (χ2v) is 6.30. The molecule has 4 aromatic rings. The van der Waals surface area contributed by atoms with Gasteiger partial charge in [-0.3, -0.25) is 4.79 Å². The zero-order valence-electron chi connectivity index (χ0n) is 15.3. The molecule has 0 radical (unpaired) electrons. The molecule has 138 valence electrons. The summed E-state index contributed by atoms with van der Waals surface area (Å²) in [5.74, 6) is -0.274. The Balaban J connectivity index is 1.90. The number of anilines is 1. The van der Waals surface area contributed by atoms with Crippen molar-refractivity contribution in [1.82, 2.24) is 15.0 Å². The maximum absolute atomic E-state index is 11.7. The summed E-state index contributed by atoms with van der Waals surface area (Å²) < 4.78 is 0. The third-order valence-electron chi connectivity index (χ3n) is 4.44. The van der Waals surface area contributed by atoms with Gasteiger partial charge in [-0.1, -0.05) is 18.7 Å². The van der Waals surface area contributed by atoms with E-state index in [1.807, 2.05) is 42.5 Å². The largest absolute Gasteiger partial charge is 0.323 e. The van der Waals surface area contributed by atoms with Crippen molar-refractivity contribution in [3.8, 4) is 28.3 Å². The van der Waals surface area contributed by atoms with Crippen molar-refractivity contribution in [3.63, 3.8) is 0 Å². The Morgan fingerprint density at radius 2 is 1.97 bits per heavy atom. The molecule has 4 rings (SSSR count). The highest BCUT2D eigenvalue weighted by atomic mass is 16.1. The van der Waals surface area contributed by atoms with Gasteiger partial charge in [0.15, 0.2) is 0 Å². The minimum Gasteiger partial charge on any atom is -0.323 e. The van der Waals surface area contributed by atoms with Gasteiger partial charge in [-0.15, -0.1) is 0 Å². The van der Waals surface area contributed by atoms with E-state index < -0.39 is 0 Å². The number of nitrogens with one attached hydrogen (secondary N) is 1. The molecule has 0 fully saturated rings. The van der Waals surface area contributed by atoms with Gasteiger partial charge in [-0.2, -0.15) is 5.26 Å². The van der Waals surface area contributed by atoms with E-state index in [4.69, 9.17) is 5.26 Å². The molecule has 1 N–H and O–H groups in total. The summed E-state index contributed by atoms with van der Waals surface area (Å²) in [4.78, 5) is 24.3. The minimum atomic E-state index is -0.274. The van der Waals surface area contributed by atoms with Crippen LogP contribution in [0.3, 0.4) is 0 Å². The Labute approximate surface area is 167 Å². The number of fused-ring (bicyclic) bond motifs is 1. The maximum Gasteiger partial charge on any atom is 0.247 e. The lowest BCUT2D eigenvalue weighted by atomic mass is 9.96. The highest BCUT2D eigenvalue weighted by molar-refractivity contribution is 6.01. The SMILES string of the molecule is C=CC(=O)Nc1cccc(-c2cc(-c3ccnc(C#N)c3)cc3cncnc23)c1. The van der Waals surface area contributed by atoms with E-state index in [1.165, 1.54) is 12.4 Å². The molecule has 0 spiro atoms. The van der Waals surface area contributed by atoms with Gasteiger partial charge < -0.3 is 5.32 Å². The normalized spacial score (nSPS) is 10.3. The van der Waals surface area contributed by atoms with Crippen molar-refractivity contribution in [2.45, 2.75) is 0 Å². The van der Waals surface area contributed by atoms with Gasteiger partial charge in [0.05, 0.1) is 5.52 Å². The van der Waals surface area contributed by atoms with Gasteiger partial charge in [-0.05, 0) is 59.2 Å². The third kappa shape index (κ3) is 3.70. The molecule has 2 heterocycles. The van der Waals surface area contributed by atoms with Crippen LogP contribution in [0.2, 0.25) is 0 Å². The van der Waals surface area contributed by atoms with Crippen molar-refractivity contribution in [1.29, 1.82) is 5.26 Å². The van der Waals surface area contributed by atoms with Crippen LogP contribution in [-0.2, 0) is 4.79 Å². The van der Waals surface area contributed by atoms with Crippen LogP contribution in [0.1, 0.15) is 5.69 Å². The smallest absolute Gasteiger partial charge is 0.247 e. The molecule has 0 atom stereocenters. The van der Waals surface area contributed by atoms with E-state index in [9.17, 15) is 4.79 Å². The van der Waals surface area contributed by atoms with E-state index >= 15 is 0 Å². The molecular formula is C23H15N5O. The van der Waals surface area contributed by atoms with Crippen molar-refractivity contribution >= 4 is 22.5 Å². The monoisotopic (exact) mass is 377 g/mol. The molecule has 2 aromatic carbocycles. The first-order valence-electron chi connectivity index (χ1n) is 8.82. The van der Waals surface area contributed by atoms with Crippen LogP contribution >= 0.6 is 0 Å². The number of rotatable bonds is 4. The summed E-state index contributed by atoms with van der Waals surface area (Å²) in [6.45, 7) is 3.48. The van der Waals surface area contributed by atoms with Crippen molar-refractivity contribution in [2.75, 3.05) is 5.32 Å². The lowest BCUT2D eigenvalue weighted by molar-refractivity contribution is -0.111. The first-order chi connectivity index (χ1) is 14.2. The maximum atomic E-state index is 11.7. The summed E-state index contributed by atoms with van der Waals surface area (Å²) in [5, 5.41) is 12.8. The molecule has 0 saturated carbocycles. The number of carbonyl (C=O) groups excluding carboxylic acids is 1. The molecule has 0 unspecified atom stereocenters. The first kappa shape index (κ1) is 18.0. The van der Waals surface area contributed by atoms with Crippen LogP contribution < -0.4 is 5.32 Å². The summed E-state index contributed by atoms with van der Waals surface area (Å²) in [6, 6.07) is 17.2. The van der Waals surface area contributed by atoms with Crippen LogP contribution in [0.25, 0.3) is 33.2 Å². The third-order valence-corrected chi connectivity index (χ3v) is 4.44. The molecule has 0 aliphatic rings. The summed E-state index contributed by atoms with van der Waals surface area (Å²) in [6.07, 6.45) is 6.11. The van der Waals surface area contributed by atoms with E-state index in [1.54, 1.807) is 18.5 Å². The van der Waals surface area contributed by atoms with Crippen LogP contribution in [0.4, 0.5) is 5.69 Å². The quantitative estimate of drug-likeness (QED) is 0.534. The van der Waals surface area contributed by atoms with Gasteiger partial charge in [0.2, 0.25) is 5.91 Å². The topological polar surface area (TPSA) is 91.6 Å². The number of hydrogen-bond donors (Lipinski definition) is 1. The van der Waals surface area contributed by atoms with E-state index in [2.05, 4.69) is 32.9 Å². The zero-order chi connectivity index (χ0) is 20.2. The van der Waals surface area contributed by atoms with Crippen LogP contribution in [0.5, 0.6) is 0 Å². The van der Waals surface area contributed by atoms with Crippen LogP contribution in [0.15, 0.2) is 79.9 Å². The molecule has 6 heteroatoms. The van der Waals surface area contributed by atoms with Crippen molar-refractivity contribution < 1.29 is 4.79 Å². The minimum absolute atomic E-state index is 0.274. The van der Waals surface area contributed by atoms with E-state index in [0.717, 1.165) is 33.2 Å². The van der Waals surface area contributed by atoms with Crippen molar-refractivity contribution in [3.05, 3.63) is 85.6 Å². The predicted molar refractivity (Wildman–Crippen MR) is 112 cm³/mol. The highest BCUT2D eigenvalue weighted by Crippen LogP contribution is 2.33. The van der Waals surface area contributed by atoms with Gasteiger partial charge in [0, 0.05) is 29.0 Å². The van der Waals surface area contributed by atoms with Crippen LogP contribution in [-0.4, -0.2) is 20.9 Å². The number of nitrogens with zero attached hydrogens (tertiary/aromatic N) is 4. The fraction of sp³-hybridized carbons (Fsp3) is 0. The average Bonchev–Trinajstić information content (AvgIpc) is 2.78. The fourth-order valence-electron chi connectivity index (χ4n) is 3.12. The number of carbonyl (C=O) groups is 1. The number of hydrogen-bond acceptors (Lipinski definition) is 5. The second kappa shape index (κ2) is 7.71. The number of aromatic nitrogens is 3. The van der Waals surface area contributed by atoms with Gasteiger partial charge >= 0.3 is 0 Å². The molecular weight excluding hydrogens is 362 g/mol. The molecule has 6 nitrogen and oxygen atoms in total. The first-order valence-corrected chi connectivity index (χ1v) is 8.82. The predicted octanol–water partition coefficient (Wildman–Crippen LogP) is 4.35. The Bertz CT molecular complexity index is 1290. The lowest BCUT2D eigenvalue weighted by Crippen LogP contribution is -2.07. The average molecular weight is 377 g/mol. The number of nitriles is 1. The Kier molecular flexibility index (Phi) is 4.79. The summed E-state index contributed by atoms with van der Waals surface area (Å²) in [7, 11) is 0. The Morgan fingerprint density at radius 3 is 2.79 bits per heavy atom.